The molecule has 102 valence electrons. The van der Waals surface area contributed by atoms with E-state index >= 15 is 0 Å². The third-order valence-corrected chi connectivity index (χ3v) is 4.51. The maximum Gasteiger partial charge on any atom is 0.166 e. The smallest absolute Gasteiger partial charge is 0.166 e. The Morgan fingerprint density at radius 1 is 1.00 bits per heavy atom. The molecule has 3 rings (SSSR count). The van der Waals surface area contributed by atoms with Crippen molar-refractivity contribution in [2.45, 2.75) is 33.1 Å². The van der Waals surface area contributed by atoms with E-state index in [1.807, 2.05) is 12.1 Å². The summed E-state index contributed by atoms with van der Waals surface area (Å²) in [6.07, 6.45) is 2.89. The molecular formula is C19H20O. The molecule has 0 spiro atoms. The topological polar surface area (TPSA) is 17.1 Å². The van der Waals surface area contributed by atoms with Crippen LogP contribution in [0, 0.1) is 19.8 Å². The molecule has 1 unspecified atom stereocenters. The summed E-state index contributed by atoms with van der Waals surface area (Å²) in [6, 6.07) is 14.6. The molecule has 0 amide bonds. The first-order valence-corrected chi connectivity index (χ1v) is 7.33. The van der Waals surface area contributed by atoms with E-state index in [2.05, 4.69) is 44.2 Å². The molecule has 1 atom stereocenters. The summed E-state index contributed by atoms with van der Waals surface area (Å²) in [5.74, 6) is 0.453. The van der Waals surface area contributed by atoms with Crippen molar-refractivity contribution in [3.63, 3.8) is 0 Å². The molecule has 2 aromatic carbocycles. The van der Waals surface area contributed by atoms with Gasteiger partial charge in [-0.2, -0.15) is 0 Å². The molecule has 2 aromatic rings. The van der Waals surface area contributed by atoms with Crippen molar-refractivity contribution in [2.75, 3.05) is 0 Å². The number of aryl methyl sites for hydroxylation is 3. The molecule has 0 bridgehead atoms. The predicted molar refractivity (Wildman–Crippen MR) is 82.2 cm³/mol. The van der Waals surface area contributed by atoms with Crippen LogP contribution in [0.25, 0.3) is 0 Å². The zero-order valence-electron chi connectivity index (χ0n) is 12.1. The number of rotatable bonds is 2. The summed E-state index contributed by atoms with van der Waals surface area (Å²) in [5.41, 5.74) is 6.08. The average molecular weight is 264 g/mol. The molecule has 0 radical (unpaired) electrons. The number of hydrogen-bond acceptors (Lipinski definition) is 1. The Morgan fingerprint density at radius 3 is 2.50 bits per heavy atom. The van der Waals surface area contributed by atoms with Gasteiger partial charge in [-0.15, -0.1) is 0 Å². The van der Waals surface area contributed by atoms with Crippen molar-refractivity contribution in [1.82, 2.24) is 0 Å². The number of hydrogen-bond donors (Lipinski definition) is 0. The van der Waals surface area contributed by atoms with Gasteiger partial charge in [0, 0.05) is 11.5 Å². The summed E-state index contributed by atoms with van der Waals surface area (Å²) in [4.78, 5) is 12.7. The predicted octanol–water partition coefficient (Wildman–Crippen LogP) is 4.29. The lowest BCUT2D eigenvalue weighted by Crippen LogP contribution is -2.22. The number of ketones is 1. The van der Waals surface area contributed by atoms with Crippen LogP contribution in [0.5, 0.6) is 0 Å². The van der Waals surface area contributed by atoms with Gasteiger partial charge in [0.1, 0.15) is 0 Å². The van der Waals surface area contributed by atoms with Crippen molar-refractivity contribution in [1.29, 1.82) is 0 Å². The Labute approximate surface area is 120 Å². The van der Waals surface area contributed by atoms with Crippen LogP contribution in [0.15, 0.2) is 42.5 Å². The Bertz CT molecular complexity index is 655. The fourth-order valence-electron chi connectivity index (χ4n) is 3.05. The van der Waals surface area contributed by atoms with Crippen molar-refractivity contribution >= 4 is 5.78 Å². The van der Waals surface area contributed by atoms with Crippen LogP contribution in [-0.4, -0.2) is 5.78 Å². The molecule has 0 aromatic heterocycles. The highest BCUT2D eigenvalue weighted by Gasteiger charge is 2.25. The first-order valence-electron chi connectivity index (χ1n) is 7.33. The monoisotopic (exact) mass is 264 g/mol. The summed E-state index contributed by atoms with van der Waals surface area (Å²) in [6.45, 7) is 4.16. The summed E-state index contributed by atoms with van der Waals surface area (Å²) >= 11 is 0. The summed E-state index contributed by atoms with van der Waals surface area (Å²) < 4.78 is 0. The molecule has 0 saturated carbocycles. The third kappa shape index (κ3) is 2.40. The lowest BCUT2D eigenvalue weighted by atomic mass is 9.80. The largest absolute Gasteiger partial charge is 0.294 e. The minimum absolute atomic E-state index is 0.145. The summed E-state index contributed by atoms with van der Waals surface area (Å²) in [7, 11) is 0. The number of carbonyl (C=O) groups excluding carboxylic acids is 1. The van der Waals surface area contributed by atoms with Crippen molar-refractivity contribution < 1.29 is 4.79 Å². The van der Waals surface area contributed by atoms with Gasteiger partial charge in [-0.25, -0.2) is 0 Å². The van der Waals surface area contributed by atoms with Gasteiger partial charge in [0.05, 0.1) is 0 Å². The van der Waals surface area contributed by atoms with Gasteiger partial charge < -0.3 is 0 Å². The van der Waals surface area contributed by atoms with E-state index in [1.54, 1.807) is 0 Å². The standard InChI is InChI=1S/C19H20O/c1-13-7-8-17(11-14(13)2)19(20)18-10-9-15-5-3-4-6-16(15)12-18/h3-8,11,18H,9-10,12H2,1-2H3. The minimum Gasteiger partial charge on any atom is -0.294 e. The zero-order chi connectivity index (χ0) is 14.1. The Morgan fingerprint density at radius 2 is 1.75 bits per heavy atom. The first kappa shape index (κ1) is 13.1. The van der Waals surface area contributed by atoms with Gasteiger partial charge in [-0.3, -0.25) is 4.79 Å². The van der Waals surface area contributed by atoms with Crippen LogP contribution in [0.4, 0.5) is 0 Å². The molecule has 0 saturated heterocycles. The van der Waals surface area contributed by atoms with Gasteiger partial charge in [-0.1, -0.05) is 36.4 Å². The fraction of sp³-hybridized carbons (Fsp3) is 0.316. The highest BCUT2D eigenvalue weighted by Crippen LogP contribution is 2.28. The normalized spacial score (nSPS) is 17.6. The van der Waals surface area contributed by atoms with Gasteiger partial charge in [0.2, 0.25) is 0 Å². The molecular weight excluding hydrogens is 244 g/mol. The second kappa shape index (κ2) is 5.24. The fourth-order valence-corrected chi connectivity index (χ4v) is 3.05. The highest BCUT2D eigenvalue weighted by molar-refractivity contribution is 5.98. The molecule has 1 aliphatic carbocycles. The zero-order valence-corrected chi connectivity index (χ0v) is 12.1. The van der Waals surface area contributed by atoms with E-state index in [0.29, 0.717) is 5.78 Å². The summed E-state index contributed by atoms with van der Waals surface area (Å²) in [5, 5.41) is 0. The van der Waals surface area contributed by atoms with Gasteiger partial charge in [-0.05, 0) is 61.4 Å². The number of carbonyl (C=O) groups is 1. The average Bonchev–Trinajstić information content (AvgIpc) is 2.49. The van der Waals surface area contributed by atoms with Crippen molar-refractivity contribution in [3.05, 3.63) is 70.3 Å². The number of benzene rings is 2. The molecule has 0 heterocycles. The van der Waals surface area contributed by atoms with E-state index in [9.17, 15) is 4.79 Å². The second-order valence-corrected chi connectivity index (χ2v) is 5.87. The van der Waals surface area contributed by atoms with E-state index in [0.717, 1.165) is 24.8 Å². The maximum absolute atomic E-state index is 12.7. The Kier molecular flexibility index (Phi) is 3.43. The van der Waals surface area contributed by atoms with Gasteiger partial charge >= 0.3 is 0 Å². The molecule has 1 heteroatoms. The van der Waals surface area contributed by atoms with Crippen molar-refractivity contribution in [2.24, 2.45) is 5.92 Å². The van der Waals surface area contributed by atoms with Crippen LogP contribution < -0.4 is 0 Å². The number of fused-ring (bicyclic) bond motifs is 1. The van der Waals surface area contributed by atoms with E-state index in [4.69, 9.17) is 0 Å². The van der Waals surface area contributed by atoms with Gasteiger partial charge in [0.15, 0.2) is 5.78 Å². The lowest BCUT2D eigenvalue weighted by Gasteiger charge is -2.23. The maximum atomic E-state index is 12.7. The first-order chi connectivity index (χ1) is 9.65. The number of Topliss-reactive ketones (excluding diaryl/α,β-unsaturated/α-hetero) is 1. The van der Waals surface area contributed by atoms with Crippen LogP contribution in [0.2, 0.25) is 0 Å². The van der Waals surface area contributed by atoms with E-state index in [1.165, 1.54) is 22.3 Å². The minimum atomic E-state index is 0.145. The van der Waals surface area contributed by atoms with Crippen LogP contribution in [-0.2, 0) is 12.8 Å². The van der Waals surface area contributed by atoms with E-state index < -0.39 is 0 Å². The van der Waals surface area contributed by atoms with Gasteiger partial charge in [0.25, 0.3) is 0 Å². The molecule has 1 nitrogen and oxygen atoms in total. The molecule has 0 fully saturated rings. The molecule has 20 heavy (non-hydrogen) atoms. The van der Waals surface area contributed by atoms with Crippen LogP contribution in [0.3, 0.4) is 0 Å². The van der Waals surface area contributed by atoms with Crippen LogP contribution >= 0.6 is 0 Å². The highest BCUT2D eigenvalue weighted by atomic mass is 16.1. The Balaban J connectivity index is 1.84. The molecule has 0 N–H and O–H groups in total. The Hall–Kier alpha value is -1.89. The molecule has 0 aliphatic heterocycles. The van der Waals surface area contributed by atoms with Crippen LogP contribution in [0.1, 0.15) is 39.0 Å². The quantitative estimate of drug-likeness (QED) is 0.739. The second-order valence-electron chi connectivity index (χ2n) is 5.87. The third-order valence-electron chi connectivity index (χ3n) is 4.51. The van der Waals surface area contributed by atoms with E-state index in [-0.39, 0.29) is 5.92 Å². The SMILES string of the molecule is Cc1ccc(C(=O)C2CCc3ccccc3C2)cc1C. The molecule has 1 aliphatic rings. The van der Waals surface area contributed by atoms with Crippen molar-refractivity contribution in [3.8, 4) is 0 Å². The lowest BCUT2D eigenvalue weighted by molar-refractivity contribution is 0.0908.